The molecule has 1 atom stereocenters. The van der Waals surface area contributed by atoms with Gasteiger partial charge < -0.3 is 20.1 Å². The molecule has 0 heterocycles. The summed E-state index contributed by atoms with van der Waals surface area (Å²) in [6, 6.07) is 4.64. The maximum atomic E-state index is 13.1. The standard InChI is InChI=1S/C19H18O6/c1-8-5-6-10-15(16(8)21)17(22)13-9(2)14(18(23)24)12(20)7-11(13)19(10,3)25-4/h5-7,20-21H,1-4H3,(H,23,24)/t19-/m0/s1. The van der Waals surface area contributed by atoms with Gasteiger partial charge in [-0.15, -0.1) is 0 Å². The van der Waals surface area contributed by atoms with Gasteiger partial charge in [0.05, 0.1) is 5.56 Å². The predicted molar refractivity (Wildman–Crippen MR) is 89.5 cm³/mol. The van der Waals surface area contributed by atoms with E-state index in [9.17, 15) is 24.9 Å². The summed E-state index contributed by atoms with van der Waals surface area (Å²) < 4.78 is 5.66. The zero-order chi connectivity index (χ0) is 18.7. The second-order valence-electron chi connectivity index (χ2n) is 6.34. The molecular weight excluding hydrogens is 324 g/mol. The molecule has 130 valence electrons. The van der Waals surface area contributed by atoms with Crippen LogP contribution in [0.2, 0.25) is 0 Å². The molecule has 0 spiro atoms. The minimum absolute atomic E-state index is 0.0991. The largest absolute Gasteiger partial charge is 0.507 e. The highest BCUT2D eigenvalue weighted by Gasteiger charge is 2.44. The molecule has 6 heteroatoms. The number of rotatable bonds is 2. The number of methoxy groups -OCH3 is 1. The summed E-state index contributed by atoms with van der Waals surface area (Å²) in [6.07, 6.45) is 0. The Morgan fingerprint density at radius 3 is 2.32 bits per heavy atom. The fraction of sp³-hybridized carbons (Fsp3) is 0.263. The number of benzene rings is 2. The first kappa shape index (κ1) is 17.0. The summed E-state index contributed by atoms with van der Waals surface area (Å²) in [7, 11) is 1.46. The molecule has 0 fully saturated rings. The van der Waals surface area contributed by atoms with Crippen molar-refractivity contribution in [2.75, 3.05) is 7.11 Å². The molecule has 0 aromatic heterocycles. The van der Waals surface area contributed by atoms with Crippen molar-refractivity contribution >= 4 is 11.8 Å². The number of aryl methyl sites for hydroxylation is 1. The van der Waals surface area contributed by atoms with Crippen LogP contribution in [0.15, 0.2) is 18.2 Å². The van der Waals surface area contributed by atoms with Gasteiger partial charge in [-0.3, -0.25) is 4.79 Å². The van der Waals surface area contributed by atoms with Gasteiger partial charge in [-0.1, -0.05) is 12.1 Å². The number of carbonyl (C=O) groups is 2. The molecule has 2 aromatic rings. The number of ether oxygens (including phenoxy) is 1. The Kier molecular flexibility index (Phi) is 3.61. The number of ketones is 1. The summed E-state index contributed by atoms with van der Waals surface area (Å²) in [5, 5.41) is 30.0. The zero-order valence-electron chi connectivity index (χ0n) is 14.3. The Morgan fingerprint density at radius 1 is 1.12 bits per heavy atom. The van der Waals surface area contributed by atoms with Crippen LogP contribution in [0.3, 0.4) is 0 Å². The van der Waals surface area contributed by atoms with Crippen molar-refractivity contribution in [3.05, 3.63) is 57.1 Å². The van der Waals surface area contributed by atoms with Gasteiger partial charge in [-0.25, -0.2) is 4.79 Å². The van der Waals surface area contributed by atoms with Crippen LogP contribution in [0.5, 0.6) is 11.5 Å². The van der Waals surface area contributed by atoms with Crippen LogP contribution >= 0.6 is 0 Å². The molecule has 2 aromatic carbocycles. The maximum absolute atomic E-state index is 13.1. The molecule has 0 radical (unpaired) electrons. The van der Waals surface area contributed by atoms with Crippen LogP contribution in [0.1, 0.15) is 55.5 Å². The highest BCUT2D eigenvalue weighted by atomic mass is 16.5. The number of hydrogen-bond donors (Lipinski definition) is 3. The van der Waals surface area contributed by atoms with Crippen molar-refractivity contribution in [2.45, 2.75) is 26.4 Å². The average molecular weight is 342 g/mol. The lowest BCUT2D eigenvalue weighted by Crippen LogP contribution is -2.36. The molecule has 0 aliphatic heterocycles. The molecule has 3 rings (SSSR count). The highest BCUT2D eigenvalue weighted by molar-refractivity contribution is 6.17. The van der Waals surface area contributed by atoms with Gasteiger partial charge in [0.15, 0.2) is 5.78 Å². The third-order valence-electron chi connectivity index (χ3n) is 5.04. The lowest BCUT2D eigenvalue weighted by molar-refractivity contribution is 0.0346. The molecule has 0 amide bonds. The number of carboxylic acids is 1. The Bertz CT molecular complexity index is 944. The fourth-order valence-electron chi connectivity index (χ4n) is 3.55. The number of phenols is 2. The van der Waals surface area contributed by atoms with Crippen LogP contribution < -0.4 is 0 Å². The summed E-state index contributed by atoms with van der Waals surface area (Å²) in [5.74, 6) is -2.40. The minimum Gasteiger partial charge on any atom is -0.507 e. The van der Waals surface area contributed by atoms with E-state index in [1.807, 2.05) is 0 Å². The second kappa shape index (κ2) is 5.32. The number of aromatic hydroxyl groups is 2. The van der Waals surface area contributed by atoms with Crippen molar-refractivity contribution in [1.29, 1.82) is 0 Å². The van der Waals surface area contributed by atoms with E-state index in [1.54, 1.807) is 26.0 Å². The first-order valence-corrected chi connectivity index (χ1v) is 7.68. The summed E-state index contributed by atoms with van der Waals surface area (Å²) in [5.41, 5.74) is 0.291. The summed E-state index contributed by atoms with van der Waals surface area (Å²) in [4.78, 5) is 24.6. The Labute approximate surface area is 144 Å². The third kappa shape index (κ3) is 2.07. The lowest BCUT2D eigenvalue weighted by atomic mass is 9.72. The van der Waals surface area contributed by atoms with Crippen molar-refractivity contribution in [2.24, 2.45) is 0 Å². The number of carbonyl (C=O) groups excluding carboxylic acids is 1. The van der Waals surface area contributed by atoms with Crippen molar-refractivity contribution in [3.63, 3.8) is 0 Å². The molecule has 3 N–H and O–H groups in total. The van der Waals surface area contributed by atoms with E-state index in [-0.39, 0.29) is 28.0 Å². The van der Waals surface area contributed by atoms with Crippen molar-refractivity contribution in [3.8, 4) is 11.5 Å². The van der Waals surface area contributed by atoms with Gasteiger partial charge in [0.2, 0.25) is 0 Å². The number of phenolic OH excluding ortho intramolecular Hbond substituents is 1. The molecule has 25 heavy (non-hydrogen) atoms. The van der Waals surface area contributed by atoms with E-state index < -0.39 is 23.1 Å². The van der Waals surface area contributed by atoms with Gasteiger partial charge in [0.25, 0.3) is 0 Å². The molecular formula is C19H18O6. The smallest absolute Gasteiger partial charge is 0.339 e. The van der Waals surface area contributed by atoms with Crippen LogP contribution in [0.25, 0.3) is 0 Å². The number of fused-ring (bicyclic) bond motifs is 2. The predicted octanol–water partition coefficient (Wildman–Crippen LogP) is 2.87. The van der Waals surface area contributed by atoms with Gasteiger partial charge in [-0.05, 0) is 38.0 Å². The quantitative estimate of drug-likeness (QED) is 0.775. The van der Waals surface area contributed by atoms with Crippen LogP contribution in [0, 0.1) is 13.8 Å². The molecule has 0 saturated carbocycles. The minimum atomic E-state index is -1.33. The summed E-state index contributed by atoms with van der Waals surface area (Å²) in [6.45, 7) is 4.86. The average Bonchev–Trinajstić information content (AvgIpc) is 2.54. The van der Waals surface area contributed by atoms with Crippen LogP contribution in [-0.2, 0) is 10.3 Å². The molecule has 0 bridgehead atoms. The number of carboxylic acid groups (broad SMARTS) is 1. The summed E-state index contributed by atoms with van der Waals surface area (Å²) >= 11 is 0. The van der Waals surface area contributed by atoms with Gasteiger partial charge in [0, 0.05) is 23.8 Å². The highest BCUT2D eigenvalue weighted by Crippen LogP contribution is 2.48. The van der Waals surface area contributed by atoms with E-state index in [0.717, 1.165) is 0 Å². The van der Waals surface area contributed by atoms with E-state index in [0.29, 0.717) is 16.7 Å². The fourth-order valence-corrected chi connectivity index (χ4v) is 3.55. The number of hydrogen-bond acceptors (Lipinski definition) is 5. The normalized spacial score (nSPS) is 18.6. The Morgan fingerprint density at radius 2 is 1.76 bits per heavy atom. The number of aromatic carboxylic acids is 1. The third-order valence-corrected chi connectivity index (χ3v) is 5.04. The van der Waals surface area contributed by atoms with E-state index in [1.165, 1.54) is 20.1 Å². The van der Waals surface area contributed by atoms with Gasteiger partial charge in [0.1, 0.15) is 22.7 Å². The van der Waals surface area contributed by atoms with E-state index >= 15 is 0 Å². The maximum Gasteiger partial charge on any atom is 0.339 e. The Balaban J connectivity index is 2.49. The molecule has 0 saturated heterocycles. The monoisotopic (exact) mass is 342 g/mol. The molecule has 6 nitrogen and oxygen atoms in total. The van der Waals surface area contributed by atoms with Crippen molar-refractivity contribution < 1.29 is 29.6 Å². The van der Waals surface area contributed by atoms with E-state index in [2.05, 4.69) is 0 Å². The second-order valence-corrected chi connectivity index (χ2v) is 6.34. The Hall–Kier alpha value is -2.86. The van der Waals surface area contributed by atoms with Gasteiger partial charge >= 0.3 is 5.97 Å². The van der Waals surface area contributed by atoms with E-state index in [4.69, 9.17) is 4.74 Å². The molecule has 1 aliphatic carbocycles. The van der Waals surface area contributed by atoms with Gasteiger partial charge in [-0.2, -0.15) is 0 Å². The first-order valence-electron chi connectivity index (χ1n) is 7.68. The van der Waals surface area contributed by atoms with Crippen molar-refractivity contribution in [1.82, 2.24) is 0 Å². The van der Waals surface area contributed by atoms with Crippen LogP contribution in [0.4, 0.5) is 0 Å². The SMILES string of the molecule is CO[C@]1(C)c2cc(O)c(C(=O)O)c(C)c2C(=O)c2c1ccc(C)c2O. The first-order chi connectivity index (χ1) is 11.6. The van der Waals surface area contributed by atoms with Crippen LogP contribution in [-0.4, -0.2) is 34.2 Å². The topological polar surface area (TPSA) is 104 Å². The zero-order valence-corrected chi connectivity index (χ0v) is 14.3. The lowest BCUT2D eigenvalue weighted by Gasteiger charge is -2.37. The molecule has 0 unspecified atom stereocenters. The molecule has 1 aliphatic rings.